The van der Waals surface area contributed by atoms with Crippen LogP contribution in [0.15, 0.2) is 78.9 Å². The molecule has 0 atom stereocenters. The third kappa shape index (κ3) is 1.64. The third-order valence-corrected chi connectivity index (χ3v) is 5.06. The molecule has 25 heavy (non-hydrogen) atoms. The Balaban J connectivity index is 1.75. The van der Waals surface area contributed by atoms with Crippen molar-refractivity contribution in [2.75, 3.05) is 0 Å². The van der Waals surface area contributed by atoms with Gasteiger partial charge in [-0.25, -0.2) is 4.52 Å². The molecule has 0 unspecified atom stereocenters. The normalized spacial score (nSPS) is 12.0. The van der Waals surface area contributed by atoms with Gasteiger partial charge in [-0.05, 0) is 28.3 Å². The van der Waals surface area contributed by atoms with E-state index in [1.807, 2.05) is 4.52 Å². The number of hydrogen-bond donors (Lipinski definition) is 0. The summed E-state index contributed by atoms with van der Waals surface area (Å²) in [5.41, 5.74) is 4.24. The number of fused-ring (bicyclic) bond motifs is 4. The highest BCUT2D eigenvalue weighted by Gasteiger charge is 2.18. The van der Waals surface area contributed by atoms with Crippen molar-refractivity contribution >= 4 is 38.0 Å². The zero-order valence-corrected chi connectivity index (χ0v) is 13.3. The van der Waals surface area contributed by atoms with Crippen LogP contribution in [-0.2, 0) is 0 Å². The van der Waals surface area contributed by atoms with Gasteiger partial charge in [0.25, 0.3) is 0 Å². The largest absolute Gasteiger partial charge is 0.212 e. The molecule has 3 nitrogen and oxygen atoms in total. The van der Waals surface area contributed by atoms with Crippen molar-refractivity contribution in [2.24, 2.45) is 0 Å². The van der Waals surface area contributed by atoms with Gasteiger partial charge < -0.3 is 0 Å². The Morgan fingerprint density at radius 3 is 2.40 bits per heavy atom. The Labute approximate surface area is 143 Å². The minimum Gasteiger partial charge on any atom is -0.212 e. The molecule has 116 valence electrons. The maximum Gasteiger partial charge on any atom is 0.121 e. The Kier molecular flexibility index (Phi) is 2.35. The van der Waals surface area contributed by atoms with Gasteiger partial charge in [-0.1, -0.05) is 71.9 Å². The molecule has 0 saturated carbocycles. The van der Waals surface area contributed by atoms with Gasteiger partial charge in [0.1, 0.15) is 11.2 Å². The van der Waals surface area contributed by atoms with E-state index >= 15 is 0 Å². The Hall–Kier alpha value is -3.46. The van der Waals surface area contributed by atoms with Gasteiger partial charge in [0.2, 0.25) is 0 Å². The number of rotatable bonds is 1. The van der Waals surface area contributed by atoms with Crippen LogP contribution in [-0.4, -0.2) is 14.8 Å². The molecule has 0 bridgehead atoms. The highest BCUT2D eigenvalue weighted by Crippen LogP contribution is 2.36. The molecule has 6 rings (SSSR count). The molecule has 2 aromatic heterocycles. The molecule has 4 aromatic carbocycles. The van der Waals surface area contributed by atoms with Crippen molar-refractivity contribution in [3.63, 3.8) is 0 Å². The third-order valence-electron chi connectivity index (χ3n) is 5.06. The van der Waals surface area contributed by atoms with Gasteiger partial charge in [0.15, 0.2) is 0 Å². The maximum absolute atomic E-state index is 4.51. The van der Waals surface area contributed by atoms with Crippen LogP contribution in [0.5, 0.6) is 0 Å². The number of aromatic nitrogens is 3. The molecule has 0 amide bonds. The predicted octanol–water partition coefficient (Wildman–Crippen LogP) is 5.29. The molecule has 0 N–H and O–H groups in total. The van der Waals surface area contributed by atoms with Crippen LogP contribution in [0.4, 0.5) is 0 Å². The van der Waals surface area contributed by atoms with E-state index in [1.165, 1.54) is 26.9 Å². The van der Waals surface area contributed by atoms with E-state index in [4.69, 9.17) is 0 Å². The fourth-order valence-electron chi connectivity index (χ4n) is 3.92. The van der Waals surface area contributed by atoms with Gasteiger partial charge in [-0.2, -0.15) is 0 Å². The smallest absolute Gasteiger partial charge is 0.121 e. The second-order valence-corrected chi connectivity index (χ2v) is 6.44. The summed E-state index contributed by atoms with van der Waals surface area (Å²) in [6.45, 7) is 0. The fourth-order valence-corrected chi connectivity index (χ4v) is 3.92. The molecule has 2 heterocycles. The van der Waals surface area contributed by atoms with Crippen LogP contribution in [0.3, 0.4) is 0 Å². The fraction of sp³-hybridized carbons (Fsp3) is 0. The standard InChI is InChI=1S/C22H13N3/c1-2-6-16-13-17(12-11-14(16)5-1)21-22-18-9-3-7-15-8-4-10-19(20(15)18)25(22)24-23-21/h1-13H. The first-order chi connectivity index (χ1) is 12.4. The molecule has 0 saturated heterocycles. The minimum atomic E-state index is 0.939. The Bertz CT molecular complexity index is 1390. The summed E-state index contributed by atoms with van der Waals surface area (Å²) >= 11 is 0. The van der Waals surface area contributed by atoms with E-state index in [2.05, 4.69) is 89.2 Å². The molecule has 0 fully saturated rings. The summed E-state index contributed by atoms with van der Waals surface area (Å²) in [5.74, 6) is 0. The Morgan fingerprint density at radius 1 is 0.680 bits per heavy atom. The summed E-state index contributed by atoms with van der Waals surface area (Å²) in [4.78, 5) is 0. The van der Waals surface area contributed by atoms with Crippen LogP contribution >= 0.6 is 0 Å². The first-order valence-corrected chi connectivity index (χ1v) is 8.37. The van der Waals surface area contributed by atoms with E-state index in [-0.39, 0.29) is 0 Å². The Morgan fingerprint density at radius 2 is 1.48 bits per heavy atom. The molecule has 3 heteroatoms. The molecule has 0 spiro atoms. The van der Waals surface area contributed by atoms with Crippen molar-refractivity contribution in [1.29, 1.82) is 0 Å². The summed E-state index contributed by atoms with van der Waals surface area (Å²) in [6, 6.07) is 27.6. The van der Waals surface area contributed by atoms with E-state index < -0.39 is 0 Å². The summed E-state index contributed by atoms with van der Waals surface area (Å²) < 4.78 is 1.97. The van der Waals surface area contributed by atoms with E-state index in [1.54, 1.807) is 0 Å². The van der Waals surface area contributed by atoms with Crippen molar-refractivity contribution in [3.8, 4) is 11.3 Å². The molecular weight excluding hydrogens is 306 g/mol. The zero-order chi connectivity index (χ0) is 16.4. The van der Waals surface area contributed by atoms with E-state index in [0.29, 0.717) is 0 Å². The van der Waals surface area contributed by atoms with Gasteiger partial charge >= 0.3 is 0 Å². The van der Waals surface area contributed by atoms with Gasteiger partial charge in [0.05, 0.1) is 5.52 Å². The molecular formula is C22H13N3. The van der Waals surface area contributed by atoms with Gasteiger partial charge in [-0.3, -0.25) is 0 Å². The summed E-state index contributed by atoms with van der Waals surface area (Å²) in [6.07, 6.45) is 0. The van der Waals surface area contributed by atoms with Crippen molar-refractivity contribution < 1.29 is 0 Å². The van der Waals surface area contributed by atoms with Crippen LogP contribution in [0.2, 0.25) is 0 Å². The van der Waals surface area contributed by atoms with Crippen LogP contribution in [0.25, 0.3) is 49.2 Å². The minimum absolute atomic E-state index is 0.939. The van der Waals surface area contributed by atoms with Gasteiger partial charge in [0, 0.05) is 16.3 Å². The SMILES string of the molecule is c1ccc2cc(-c3nnn4c5cccc6cccc(c65)c34)ccc2c1. The van der Waals surface area contributed by atoms with E-state index in [0.717, 1.165) is 22.3 Å². The second kappa shape index (κ2) is 4.54. The number of benzene rings is 4. The number of nitrogens with zero attached hydrogens (tertiary/aromatic N) is 3. The second-order valence-electron chi connectivity index (χ2n) is 6.44. The zero-order valence-electron chi connectivity index (χ0n) is 13.3. The van der Waals surface area contributed by atoms with Crippen LogP contribution in [0, 0.1) is 0 Å². The molecule has 0 radical (unpaired) electrons. The van der Waals surface area contributed by atoms with E-state index in [9.17, 15) is 0 Å². The maximum atomic E-state index is 4.51. The molecule has 0 aliphatic carbocycles. The topological polar surface area (TPSA) is 30.2 Å². The lowest BCUT2D eigenvalue weighted by Crippen LogP contribution is -1.82. The van der Waals surface area contributed by atoms with Gasteiger partial charge in [-0.15, -0.1) is 5.10 Å². The molecule has 6 aromatic rings. The lowest BCUT2D eigenvalue weighted by Gasteiger charge is -2.01. The monoisotopic (exact) mass is 319 g/mol. The quantitative estimate of drug-likeness (QED) is 0.412. The molecule has 0 aliphatic heterocycles. The predicted molar refractivity (Wildman–Crippen MR) is 102 cm³/mol. The van der Waals surface area contributed by atoms with Crippen molar-refractivity contribution in [3.05, 3.63) is 78.9 Å². The average Bonchev–Trinajstić information content (AvgIpc) is 3.23. The highest BCUT2D eigenvalue weighted by atomic mass is 15.4. The summed E-state index contributed by atoms with van der Waals surface area (Å²) in [7, 11) is 0. The first kappa shape index (κ1) is 12.9. The highest BCUT2D eigenvalue weighted by molar-refractivity contribution is 6.18. The lowest BCUT2D eigenvalue weighted by atomic mass is 10.0. The molecule has 0 aliphatic rings. The van der Waals surface area contributed by atoms with Crippen LogP contribution in [0.1, 0.15) is 0 Å². The number of hydrogen-bond acceptors (Lipinski definition) is 2. The first-order valence-electron chi connectivity index (χ1n) is 8.37. The van der Waals surface area contributed by atoms with Crippen molar-refractivity contribution in [2.45, 2.75) is 0 Å². The van der Waals surface area contributed by atoms with Crippen molar-refractivity contribution in [1.82, 2.24) is 14.8 Å². The summed E-state index contributed by atoms with van der Waals surface area (Å²) in [5, 5.41) is 15.1. The average molecular weight is 319 g/mol. The lowest BCUT2D eigenvalue weighted by molar-refractivity contribution is 0.889. The van der Waals surface area contributed by atoms with Crippen LogP contribution < -0.4 is 0 Å².